The Morgan fingerprint density at radius 3 is 1.03 bits per heavy atom. The van der Waals surface area contributed by atoms with E-state index < -0.39 is 10.8 Å². The van der Waals surface area contributed by atoms with Gasteiger partial charge in [-0.25, -0.2) is 4.98 Å². The number of hydrogen-bond acceptors (Lipinski definition) is 4. The van der Waals surface area contributed by atoms with Gasteiger partial charge in [-0.1, -0.05) is 206 Å². The Kier molecular flexibility index (Phi) is 8.50. The van der Waals surface area contributed by atoms with Crippen LogP contribution in [0.25, 0.3) is 22.4 Å². The van der Waals surface area contributed by atoms with Crippen molar-refractivity contribution < 1.29 is 4.79 Å². The predicted octanol–water partition coefficient (Wildman–Crippen LogP) is 15.0. The fourth-order valence-corrected chi connectivity index (χ4v) is 12.2. The third-order valence-electron chi connectivity index (χ3n) is 14.9. The molecular formula is C64H42N4O. The molecule has 3 aliphatic rings. The number of para-hydroxylation sites is 6. The Bertz CT molecular complexity index is 3650. The fraction of sp³-hybridized carbons (Fsp3) is 0.0312. The molecule has 3 aliphatic heterocycles. The summed E-state index contributed by atoms with van der Waals surface area (Å²) in [6, 6.07) is 91.4. The Morgan fingerprint density at radius 2 is 0.638 bits per heavy atom. The SMILES string of the molecule is O=C1c2cc(N3c4ccccc4C(c4ccccc4)(c4ccccc4)c4ccccc43)c(N3c4ccccc4C(c4ccccc4)(c4ccccc4)c4ccccc43)cc2-c2nc3ccccc3n21. The number of aromatic nitrogens is 2. The molecule has 0 bridgehead atoms. The number of rotatable bonds is 6. The molecule has 5 nitrogen and oxygen atoms in total. The number of fused-ring (bicyclic) bond motifs is 9. The van der Waals surface area contributed by atoms with Crippen molar-refractivity contribution in [3.63, 3.8) is 0 Å². The van der Waals surface area contributed by atoms with Gasteiger partial charge in [0.15, 0.2) is 0 Å². The van der Waals surface area contributed by atoms with Crippen LogP contribution in [-0.2, 0) is 10.8 Å². The maximum absolute atomic E-state index is 15.1. The zero-order valence-corrected chi connectivity index (χ0v) is 37.4. The lowest BCUT2D eigenvalue weighted by atomic mass is 9.62. The van der Waals surface area contributed by atoms with Gasteiger partial charge in [-0.15, -0.1) is 0 Å². The van der Waals surface area contributed by atoms with Crippen LogP contribution in [0.1, 0.15) is 54.9 Å². The molecule has 69 heavy (non-hydrogen) atoms. The van der Waals surface area contributed by atoms with Crippen LogP contribution >= 0.6 is 0 Å². The first kappa shape index (κ1) is 39.1. The Morgan fingerprint density at radius 1 is 0.319 bits per heavy atom. The van der Waals surface area contributed by atoms with Crippen molar-refractivity contribution in [3.8, 4) is 11.4 Å². The van der Waals surface area contributed by atoms with Crippen LogP contribution in [0.2, 0.25) is 0 Å². The molecule has 0 fully saturated rings. The molecule has 0 aliphatic carbocycles. The quantitative estimate of drug-likeness (QED) is 0.167. The summed E-state index contributed by atoms with van der Waals surface area (Å²) in [6.45, 7) is 0. The molecule has 0 amide bonds. The highest BCUT2D eigenvalue weighted by molar-refractivity contribution is 6.15. The highest BCUT2D eigenvalue weighted by Crippen LogP contribution is 2.63. The molecule has 4 heterocycles. The molecule has 0 N–H and O–H groups in total. The third-order valence-corrected chi connectivity index (χ3v) is 14.9. The number of benzene rings is 10. The third kappa shape index (κ3) is 5.30. The largest absolute Gasteiger partial charge is 0.308 e. The van der Waals surface area contributed by atoms with E-state index in [9.17, 15) is 0 Å². The van der Waals surface area contributed by atoms with Crippen molar-refractivity contribution in [1.82, 2.24) is 9.55 Å². The van der Waals surface area contributed by atoms with Crippen molar-refractivity contribution in [2.45, 2.75) is 10.8 Å². The molecule has 0 saturated heterocycles. The van der Waals surface area contributed by atoms with Gasteiger partial charge in [-0.3, -0.25) is 9.36 Å². The van der Waals surface area contributed by atoms with Gasteiger partial charge in [0.05, 0.1) is 61.6 Å². The van der Waals surface area contributed by atoms with E-state index in [2.05, 4.69) is 240 Å². The molecule has 0 spiro atoms. The van der Waals surface area contributed by atoms with E-state index in [-0.39, 0.29) is 5.91 Å². The van der Waals surface area contributed by atoms with Crippen molar-refractivity contribution >= 4 is 51.1 Å². The van der Waals surface area contributed by atoms with Crippen LogP contribution in [0.3, 0.4) is 0 Å². The van der Waals surface area contributed by atoms with Gasteiger partial charge in [0.1, 0.15) is 5.82 Å². The monoisotopic (exact) mass is 882 g/mol. The second kappa shape index (κ2) is 15.0. The summed E-state index contributed by atoms with van der Waals surface area (Å²) in [5, 5.41) is 0. The van der Waals surface area contributed by atoms with Crippen LogP contribution in [-0.4, -0.2) is 15.5 Å². The molecule has 0 saturated carbocycles. The second-order valence-corrected chi connectivity index (χ2v) is 18.2. The van der Waals surface area contributed by atoms with Gasteiger partial charge in [0, 0.05) is 5.56 Å². The van der Waals surface area contributed by atoms with Gasteiger partial charge < -0.3 is 9.80 Å². The van der Waals surface area contributed by atoms with Gasteiger partial charge in [0.2, 0.25) is 0 Å². The van der Waals surface area contributed by atoms with E-state index in [1.54, 1.807) is 4.57 Å². The van der Waals surface area contributed by atoms with Crippen LogP contribution in [0, 0.1) is 0 Å². The summed E-state index contributed by atoms with van der Waals surface area (Å²) in [5.74, 6) is 0.562. The molecule has 14 rings (SSSR count). The van der Waals surface area contributed by atoms with Crippen molar-refractivity contribution in [1.29, 1.82) is 0 Å². The summed E-state index contributed by atoms with van der Waals surface area (Å²) in [7, 11) is 0. The highest BCUT2D eigenvalue weighted by atomic mass is 16.2. The number of carbonyl (C=O) groups is 1. The van der Waals surface area contributed by atoms with Crippen LogP contribution < -0.4 is 9.80 Å². The number of nitrogens with zero attached hydrogens (tertiary/aromatic N) is 4. The summed E-state index contributed by atoms with van der Waals surface area (Å²) < 4.78 is 1.80. The van der Waals surface area contributed by atoms with Crippen LogP contribution in [0.4, 0.5) is 34.1 Å². The smallest absolute Gasteiger partial charge is 0.264 e. The average Bonchev–Trinajstić information content (AvgIpc) is 3.94. The Balaban J connectivity index is 1.11. The highest BCUT2D eigenvalue weighted by Gasteiger charge is 2.50. The molecular weight excluding hydrogens is 841 g/mol. The minimum Gasteiger partial charge on any atom is -0.308 e. The average molecular weight is 883 g/mol. The standard InChI is InChI=1S/C64H42N4O/c69-62-48-42-60(67-56-38-20-15-33-51(56)64(45-27-9-3-10-28-45,46-29-11-4-12-30-46)52-34-16-21-39-57(52)67)59(41-47(48)61-65-53-35-17-22-40-58(53)68(61)62)66-54-36-18-13-31-49(54)63(43-23-5-1-6-24-43,44-25-7-2-8-26-44)50-32-14-19-37-55(50)66/h1-42H. The molecule has 0 radical (unpaired) electrons. The van der Waals surface area contributed by atoms with E-state index >= 15 is 4.79 Å². The maximum atomic E-state index is 15.1. The van der Waals surface area contributed by atoms with Gasteiger partial charge >= 0.3 is 0 Å². The van der Waals surface area contributed by atoms with Crippen molar-refractivity contribution in [2.24, 2.45) is 0 Å². The minimum atomic E-state index is -0.671. The van der Waals surface area contributed by atoms with Crippen LogP contribution in [0.5, 0.6) is 0 Å². The molecule has 0 unspecified atom stereocenters. The lowest BCUT2D eigenvalue weighted by Gasteiger charge is -2.49. The Labute approximate surface area is 400 Å². The van der Waals surface area contributed by atoms with Gasteiger partial charge in [0.25, 0.3) is 5.91 Å². The maximum Gasteiger partial charge on any atom is 0.264 e. The number of imidazole rings is 1. The first-order valence-electron chi connectivity index (χ1n) is 23.6. The first-order chi connectivity index (χ1) is 34.2. The number of anilines is 6. The molecule has 0 atom stereocenters. The van der Waals surface area contributed by atoms with Crippen molar-refractivity contribution in [3.05, 3.63) is 305 Å². The zero-order chi connectivity index (χ0) is 45.7. The van der Waals surface area contributed by atoms with Crippen molar-refractivity contribution in [2.75, 3.05) is 9.80 Å². The van der Waals surface area contributed by atoms with Crippen LogP contribution in [0.15, 0.2) is 255 Å². The summed E-state index contributed by atoms with van der Waals surface area (Å²) >= 11 is 0. The van der Waals surface area contributed by atoms with E-state index in [0.29, 0.717) is 11.4 Å². The topological polar surface area (TPSA) is 41.4 Å². The molecule has 10 aromatic carbocycles. The minimum absolute atomic E-state index is 0.0883. The molecule has 324 valence electrons. The molecule has 5 heteroatoms. The second-order valence-electron chi connectivity index (χ2n) is 18.2. The number of carbonyl (C=O) groups excluding carboxylic acids is 1. The fourth-order valence-electron chi connectivity index (χ4n) is 12.2. The first-order valence-corrected chi connectivity index (χ1v) is 23.6. The van der Waals surface area contributed by atoms with E-state index in [1.165, 1.54) is 22.3 Å². The summed E-state index contributed by atoms with van der Waals surface area (Å²) in [4.78, 5) is 25.2. The summed E-state index contributed by atoms with van der Waals surface area (Å²) in [5.41, 5.74) is 16.9. The van der Waals surface area contributed by atoms with E-state index in [4.69, 9.17) is 4.98 Å². The number of hydrogen-bond donors (Lipinski definition) is 0. The Hall–Kier alpha value is -9.06. The van der Waals surface area contributed by atoms with Gasteiger partial charge in [-0.05, 0) is 93.0 Å². The van der Waals surface area contributed by atoms with Gasteiger partial charge in [-0.2, -0.15) is 0 Å². The zero-order valence-electron chi connectivity index (χ0n) is 37.4. The molecule has 11 aromatic rings. The summed E-state index contributed by atoms with van der Waals surface area (Å²) in [6.07, 6.45) is 0. The van der Waals surface area contributed by atoms with E-state index in [0.717, 1.165) is 73.0 Å². The lowest BCUT2D eigenvalue weighted by Crippen LogP contribution is -2.39. The van der Waals surface area contributed by atoms with E-state index in [1.807, 2.05) is 24.3 Å². The normalized spacial score (nSPS) is 14.6. The molecule has 1 aromatic heterocycles. The lowest BCUT2D eigenvalue weighted by molar-refractivity contribution is 0.0973. The predicted molar refractivity (Wildman–Crippen MR) is 278 cm³/mol.